The van der Waals surface area contributed by atoms with Crippen LogP contribution in [0.2, 0.25) is 0 Å². The molecule has 7 heteroatoms. The molecule has 2 atom stereocenters. The van der Waals surface area contributed by atoms with Gasteiger partial charge in [-0.3, -0.25) is 0 Å². The molecule has 0 aromatic carbocycles. The Morgan fingerprint density at radius 2 is 1.08 bits per heavy atom. The largest absolute Gasteiger partial charge is 0.479 e. The van der Waals surface area contributed by atoms with Gasteiger partial charge in [0.1, 0.15) is 0 Å². The zero-order valence-corrected chi connectivity index (χ0v) is 7.83. The second-order valence-electron chi connectivity index (χ2n) is 2.75. The minimum atomic E-state index is -2.71. The quantitative estimate of drug-likeness (QED) is 0.483. The van der Waals surface area contributed by atoms with Crippen LogP contribution in [0.5, 0.6) is 0 Å². The summed E-state index contributed by atoms with van der Waals surface area (Å²) in [6.45, 7) is 1.42. The molecule has 0 bridgehead atoms. The standard InChI is InChI=1S/C6H10O6.ClH/c1-5(11,3(7)8)6(2,12)4(9)10;/h11-12H,1-2H3,(H,7,8)(H,9,10);1H. The van der Waals surface area contributed by atoms with Gasteiger partial charge in [0.25, 0.3) is 0 Å². The zero-order valence-electron chi connectivity index (χ0n) is 7.01. The summed E-state index contributed by atoms with van der Waals surface area (Å²) in [6, 6.07) is 0. The number of halogens is 1. The fourth-order valence-electron chi connectivity index (χ4n) is 0.416. The lowest BCUT2D eigenvalue weighted by molar-refractivity contribution is -0.199. The highest BCUT2D eigenvalue weighted by Crippen LogP contribution is 2.22. The molecular formula is C6H11ClO6. The Kier molecular flexibility index (Phi) is 4.40. The van der Waals surface area contributed by atoms with Gasteiger partial charge in [-0.15, -0.1) is 12.4 Å². The molecule has 0 rings (SSSR count). The van der Waals surface area contributed by atoms with E-state index in [0.29, 0.717) is 13.8 Å². The third-order valence-corrected chi connectivity index (χ3v) is 1.78. The van der Waals surface area contributed by atoms with Gasteiger partial charge < -0.3 is 20.4 Å². The Bertz CT molecular complexity index is 197. The first-order chi connectivity index (χ1) is 5.14. The van der Waals surface area contributed by atoms with Crippen molar-refractivity contribution in [2.24, 2.45) is 0 Å². The number of carbonyl (C=O) groups is 2. The van der Waals surface area contributed by atoms with E-state index in [9.17, 15) is 9.59 Å². The van der Waals surface area contributed by atoms with Gasteiger partial charge in [0.2, 0.25) is 0 Å². The van der Waals surface area contributed by atoms with E-state index in [2.05, 4.69) is 0 Å². The van der Waals surface area contributed by atoms with Crippen molar-refractivity contribution in [3.63, 3.8) is 0 Å². The molecule has 0 aromatic rings. The van der Waals surface area contributed by atoms with Crippen LogP contribution in [0.15, 0.2) is 0 Å². The molecule has 4 N–H and O–H groups in total. The average molecular weight is 215 g/mol. The number of aliphatic carboxylic acids is 2. The molecule has 13 heavy (non-hydrogen) atoms. The highest BCUT2D eigenvalue weighted by Gasteiger charge is 2.53. The Labute approximate surface area is 80.2 Å². The first-order valence-electron chi connectivity index (χ1n) is 3.05. The van der Waals surface area contributed by atoms with Crippen LogP contribution in [0.3, 0.4) is 0 Å². The summed E-state index contributed by atoms with van der Waals surface area (Å²) >= 11 is 0. The molecule has 78 valence electrons. The summed E-state index contributed by atoms with van der Waals surface area (Å²) in [5.74, 6) is -3.59. The third-order valence-electron chi connectivity index (χ3n) is 1.78. The van der Waals surface area contributed by atoms with E-state index in [1.165, 1.54) is 0 Å². The highest BCUT2D eigenvalue weighted by molar-refractivity contribution is 5.89. The number of carboxylic acids is 2. The van der Waals surface area contributed by atoms with Gasteiger partial charge >= 0.3 is 11.9 Å². The summed E-state index contributed by atoms with van der Waals surface area (Å²) < 4.78 is 0. The van der Waals surface area contributed by atoms with Gasteiger partial charge in [0.15, 0.2) is 11.2 Å². The van der Waals surface area contributed by atoms with Crippen molar-refractivity contribution >= 4 is 24.3 Å². The fourth-order valence-corrected chi connectivity index (χ4v) is 0.416. The number of aliphatic hydroxyl groups is 2. The minimum Gasteiger partial charge on any atom is -0.479 e. The smallest absolute Gasteiger partial charge is 0.339 e. The molecule has 0 saturated carbocycles. The first-order valence-corrected chi connectivity index (χ1v) is 3.05. The molecule has 0 amide bonds. The van der Waals surface area contributed by atoms with E-state index in [1.54, 1.807) is 0 Å². The van der Waals surface area contributed by atoms with E-state index in [-0.39, 0.29) is 12.4 Å². The van der Waals surface area contributed by atoms with Crippen molar-refractivity contribution in [3.8, 4) is 0 Å². The molecule has 0 aliphatic carbocycles. The molecule has 0 saturated heterocycles. The molecule has 0 spiro atoms. The third kappa shape index (κ3) is 2.30. The fraction of sp³-hybridized carbons (Fsp3) is 0.667. The maximum atomic E-state index is 10.3. The van der Waals surface area contributed by atoms with Gasteiger partial charge in [0, 0.05) is 0 Å². The predicted octanol–water partition coefficient (Wildman–Crippen LogP) is -0.921. The van der Waals surface area contributed by atoms with Crippen LogP contribution in [0, 0.1) is 0 Å². The molecule has 2 unspecified atom stereocenters. The summed E-state index contributed by atoms with van der Waals surface area (Å²) in [6.07, 6.45) is 0. The van der Waals surface area contributed by atoms with E-state index >= 15 is 0 Å². The van der Waals surface area contributed by atoms with Crippen LogP contribution >= 0.6 is 12.4 Å². The van der Waals surface area contributed by atoms with Crippen molar-refractivity contribution < 1.29 is 30.0 Å². The second-order valence-corrected chi connectivity index (χ2v) is 2.75. The zero-order chi connectivity index (χ0) is 10.2. The van der Waals surface area contributed by atoms with Crippen LogP contribution in [-0.2, 0) is 9.59 Å². The van der Waals surface area contributed by atoms with E-state index in [4.69, 9.17) is 20.4 Å². The second kappa shape index (κ2) is 3.91. The lowest BCUT2D eigenvalue weighted by Gasteiger charge is -2.30. The average Bonchev–Trinajstić information content (AvgIpc) is 1.86. The number of rotatable bonds is 3. The van der Waals surface area contributed by atoms with Crippen LogP contribution in [0.1, 0.15) is 13.8 Å². The van der Waals surface area contributed by atoms with E-state index in [1.807, 2.05) is 0 Å². The van der Waals surface area contributed by atoms with E-state index in [0.717, 1.165) is 0 Å². The Morgan fingerprint density at radius 1 is 0.923 bits per heavy atom. The molecule has 6 nitrogen and oxygen atoms in total. The minimum absolute atomic E-state index is 0. The highest BCUT2D eigenvalue weighted by atomic mass is 35.5. The summed E-state index contributed by atoms with van der Waals surface area (Å²) in [5, 5.41) is 34.8. The van der Waals surface area contributed by atoms with Crippen molar-refractivity contribution in [3.05, 3.63) is 0 Å². The van der Waals surface area contributed by atoms with Gasteiger partial charge in [0.05, 0.1) is 0 Å². The molecule has 0 aliphatic rings. The molecular weight excluding hydrogens is 204 g/mol. The maximum absolute atomic E-state index is 10.3. The van der Waals surface area contributed by atoms with Crippen molar-refractivity contribution in [1.82, 2.24) is 0 Å². The molecule has 0 heterocycles. The van der Waals surface area contributed by atoms with Crippen molar-refractivity contribution in [1.29, 1.82) is 0 Å². The molecule has 0 radical (unpaired) electrons. The van der Waals surface area contributed by atoms with Crippen LogP contribution in [-0.4, -0.2) is 43.6 Å². The Morgan fingerprint density at radius 3 is 1.15 bits per heavy atom. The van der Waals surface area contributed by atoms with Gasteiger partial charge in [-0.25, -0.2) is 9.59 Å². The first kappa shape index (κ1) is 14.7. The molecule has 0 aromatic heterocycles. The number of carboxylic acid groups (broad SMARTS) is 2. The van der Waals surface area contributed by atoms with Gasteiger partial charge in [-0.2, -0.15) is 0 Å². The van der Waals surface area contributed by atoms with Gasteiger partial charge in [-0.1, -0.05) is 0 Å². The Hall–Kier alpha value is -0.850. The maximum Gasteiger partial charge on any atom is 0.339 e. The van der Waals surface area contributed by atoms with Crippen molar-refractivity contribution in [2.75, 3.05) is 0 Å². The van der Waals surface area contributed by atoms with E-state index < -0.39 is 23.1 Å². The summed E-state index contributed by atoms with van der Waals surface area (Å²) in [4.78, 5) is 20.6. The number of hydrogen-bond donors (Lipinski definition) is 4. The molecule has 0 aliphatic heterocycles. The van der Waals surface area contributed by atoms with Crippen LogP contribution in [0.4, 0.5) is 0 Å². The monoisotopic (exact) mass is 214 g/mol. The lowest BCUT2D eigenvalue weighted by atomic mass is 9.86. The topological polar surface area (TPSA) is 115 Å². The van der Waals surface area contributed by atoms with Crippen molar-refractivity contribution in [2.45, 2.75) is 25.0 Å². The lowest BCUT2D eigenvalue weighted by Crippen LogP contribution is -2.60. The predicted molar refractivity (Wildman–Crippen MR) is 43.8 cm³/mol. The van der Waals surface area contributed by atoms with Crippen LogP contribution in [0.25, 0.3) is 0 Å². The van der Waals surface area contributed by atoms with Crippen LogP contribution < -0.4 is 0 Å². The summed E-state index contributed by atoms with van der Waals surface area (Å²) in [5.41, 5.74) is -5.42. The Balaban J connectivity index is 0. The summed E-state index contributed by atoms with van der Waals surface area (Å²) in [7, 11) is 0. The van der Waals surface area contributed by atoms with Gasteiger partial charge in [-0.05, 0) is 13.8 Å². The SMILES string of the molecule is CC(O)(C(=O)O)C(C)(O)C(=O)O.Cl. The number of hydrogen-bond acceptors (Lipinski definition) is 4. The normalized spacial score (nSPS) is 19.1. The molecule has 0 fully saturated rings.